The number of carbonyl (C=O) groups excluding carboxylic acids is 2. The van der Waals surface area contributed by atoms with Gasteiger partial charge >= 0.3 is 0 Å². The van der Waals surface area contributed by atoms with Gasteiger partial charge < -0.3 is 20.4 Å². The molecule has 6 nitrogen and oxygen atoms in total. The Balaban J connectivity index is 1.48. The number of carbonyl (C=O) groups is 2. The van der Waals surface area contributed by atoms with Crippen molar-refractivity contribution >= 4 is 11.8 Å². The second kappa shape index (κ2) is 9.79. The Hall–Kier alpha value is -1.14. The Kier molecular flexibility index (Phi) is 7.66. The quantitative estimate of drug-likeness (QED) is 0.388. The van der Waals surface area contributed by atoms with Crippen LogP contribution in [-0.2, 0) is 9.59 Å². The van der Waals surface area contributed by atoms with E-state index in [9.17, 15) is 9.59 Å². The largest absolute Gasteiger partial charge is 0.349 e. The number of amides is 2. The van der Waals surface area contributed by atoms with Gasteiger partial charge in [-0.1, -0.05) is 0 Å². The molecule has 2 fully saturated rings. The first kappa shape index (κ1) is 17.2. The maximum absolute atomic E-state index is 11.8. The van der Waals surface area contributed by atoms with Crippen LogP contribution in [0, 0.1) is 0 Å². The first-order valence-electron chi connectivity index (χ1n) is 8.94. The summed E-state index contributed by atoms with van der Waals surface area (Å²) in [4.78, 5) is 26.4. The maximum Gasteiger partial charge on any atom is 0.275 e. The zero-order valence-electron chi connectivity index (χ0n) is 13.7. The summed E-state index contributed by atoms with van der Waals surface area (Å²) in [5, 5.41) is 5.82. The number of nitrogens with one attached hydrogen (secondary N) is 4. The lowest BCUT2D eigenvalue weighted by Gasteiger charge is -2.23. The van der Waals surface area contributed by atoms with Crippen molar-refractivity contribution in [3.8, 4) is 0 Å². The molecule has 0 aliphatic carbocycles. The average Bonchev–Trinajstić information content (AvgIpc) is 2.53. The van der Waals surface area contributed by atoms with Gasteiger partial charge in [0, 0.05) is 13.1 Å². The fourth-order valence-electron chi connectivity index (χ4n) is 3.44. The summed E-state index contributed by atoms with van der Waals surface area (Å²) in [7, 11) is 0. The highest BCUT2D eigenvalue weighted by Crippen LogP contribution is 1.94. The number of likely N-dealkylation sites (tertiary alicyclic amines) is 2. The predicted molar refractivity (Wildman–Crippen MR) is 84.8 cm³/mol. The van der Waals surface area contributed by atoms with Gasteiger partial charge in [-0.15, -0.1) is 0 Å². The zero-order valence-corrected chi connectivity index (χ0v) is 13.7. The lowest BCUT2D eigenvalue weighted by Crippen LogP contribution is -3.14. The van der Waals surface area contributed by atoms with Crippen LogP contribution in [0.15, 0.2) is 0 Å². The van der Waals surface area contributed by atoms with Gasteiger partial charge in [-0.25, -0.2) is 0 Å². The van der Waals surface area contributed by atoms with E-state index >= 15 is 0 Å². The van der Waals surface area contributed by atoms with E-state index in [-0.39, 0.29) is 11.8 Å². The Morgan fingerprint density at radius 2 is 1.00 bits per heavy atom. The van der Waals surface area contributed by atoms with Crippen molar-refractivity contribution in [3.63, 3.8) is 0 Å². The molecule has 0 bridgehead atoms. The topological polar surface area (TPSA) is 67.1 Å². The standard InChI is InChI=1S/C16H30N4O2/c21-15(13-19-9-3-1-4-10-19)17-7-8-18-16(22)14-20-11-5-2-6-12-20/h1-14H2,(H,17,21)(H,18,22)/p+2. The molecule has 2 saturated heterocycles. The highest BCUT2D eigenvalue weighted by molar-refractivity contribution is 5.78. The summed E-state index contributed by atoms with van der Waals surface area (Å²) < 4.78 is 0. The molecule has 2 amide bonds. The summed E-state index contributed by atoms with van der Waals surface area (Å²) in [5.74, 6) is 0.209. The summed E-state index contributed by atoms with van der Waals surface area (Å²) in [5.41, 5.74) is 0. The van der Waals surface area contributed by atoms with Crippen LogP contribution in [0.25, 0.3) is 0 Å². The number of piperidine rings is 2. The van der Waals surface area contributed by atoms with Gasteiger partial charge in [-0.3, -0.25) is 9.59 Å². The van der Waals surface area contributed by atoms with Crippen LogP contribution in [0.5, 0.6) is 0 Å². The molecule has 2 aliphatic heterocycles. The van der Waals surface area contributed by atoms with Crippen LogP contribution in [0.1, 0.15) is 38.5 Å². The first-order valence-corrected chi connectivity index (χ1v) is 8.94. The van der Waals surface area contributed by atoms with Gasteiger partial charge in [0.25, 0.3) is 11.8 Å². The molecule has 2 heterocycles. The van der Waals surface area contributed by atoms with Gasteiger partial charge in [-0.2, -0.15) is 0 Å². The molecule has 6 heteroatoms. The molecule has 0 saturated carbocycles. The molecular formula is C16H32N4O2+2. The van der Waals surface area contributed by atoms with Gasteiger partial charge in [0.15, 0.2) is 13.1 Å². The van der Waals surface area contributed by atoms with Crippen LogP contribution in [0.2, 0.25) is 0 Å². The summed E-state index contributed by atoms with van der Waals surface area (Å²) in [6.45, 7) is 6.68. The summed E-state index contributed by atoms with van der Waals surface area (Å²) >= 11 is 0. The highest BCUT2D eigenvalue weighted by atomic mass is 16.2. The molecule has 22 heavy (non-hydrogen) atoms. The fraction of sp³-hybridized carbons (Fsp3) is 0.875. The summed E-state index contributed by atoms with van der Waals surface area (Å²) in [6, 6.07) is 0. The molecule has 0 spiro atoms. The predicted octanol–water partition coefficient (Wildman–Crippen LogP) is -2.64. The molecule has 0 atom stereocenters. The molecule has 126 valence electrons. The fourth-order valence-corrected chi connectivity index (χ4v) is 3.44. The van der Waals surface area contributed by atoms with E-state index in [0.29, 0.717) is 26.2 Å². The van der Waals surface area contributed by atoms with E-state index in [1.807, 2.05) is 0 Å². The van der Waals surface area contributed by atoms with E-state index in [2.05, 4.69) is 10.6 Å². The van der Waals surface area contributed by atoms with Crippen LogP contribution in [-0.4, -0.2) is 64.2 Å². The minimum absolute atomic E-state index is 0.104. The number of hydrogen-bond donors (Lipinski definition) is 4. The van der Waals surface area contributed by atoms with Crippen molar-refractivity contribution < 1.29 is 19.4 Å². The lowest BCUT2D eigenvalue weighted by atomic mass is 10.1. The Labute approximate surface area is 133 Å². The molecule has 4 N–H and O–H groups in total. The number of quaternary nitrogens is 2. The molecule has 0 unspecified atom stereocenters. The smallest absolute Gasteiger partial charge is 0.275 e. The average molecular weight is 312 g/mol. The molecule has 0 aromatic rings. The van der Waals surface area contributed by atoms with Gasteiger partial charge in [0.05, 0.1) is 26.2 Å². The Morgan fingerprint density at radius 1 is 0.636 bits per heavy atom. The van der Waals surface area contributed by atoms with Crippen LogP contribution in [0.4, 0.5) is 0 Å². The van der Waals surface area contributed by atoms with Crippen LogP contribution < -0.4 is 20.4 Å². The Bertz CT molecular complexity index is 316. The van der Waals surface area contributed by atoms with Crippen molar-refractivity contribution in [1.82, 2.24) is 10.6 Å². The molecular weight excluding hydrogens is 280 g/mol. The first-order chi connectivity index (χ1) is 10.7. The summed E-state index contributed by atoms with van der Waals surface area (Å²) in [6.07, 6.45) is 7.54. The molecule has 0 radical (unpaired) electrons. The second-order valence-electron chi connectivity index (χ2n) is 6.67. The van der Waals surface area contributed by atoms with E-state index in [1.54, 1.807) is 0 Å². The second-order valence-corrected chi connectivity index (χ2v) is 6.67. The van der Waals surface area contributed by atoms with E-state index in [4.69, 9.17) is 0 Å². The lowest BCUT2D eigenvalue weighted by molar-refractivity contribution is -0.896. The third kappa shape index (κ3) is 6.75. The monoisotopic (exact) mass is 312 g/mol. The van der Waals surface area contributed by atoms with Gasteiger partial charge in [-0.05, 0) is 38.5 Å². The normalized spacial score (nSPS) is 20.5. The van der Waals surface area contributed by atoms with Crippen molar-refractivity contribution in [1.29, 1.82) is 0 Å². The third-order valence-corrected chi connectivity index (χ3v) is 4.71. The van der Waals surface area contributed by atoms with Crippen molar-refractivity contribution in [2.24, 2.45) is 0 Å². The molecule has 0 aromatic heterocycles. The maximum atomic E-state index is 11.8. The van der Waals surface area contributed by atoms with E-state index in [1.165, 1.54) is 48.3 Å². The minimum Gasteiger partial charge on any atom is -0.349 e. The SMILES string of the molecule is O=C(C[NH+]1CCCCC1)NCCNC(=O)C[NH+]1CCCCC1. The molecule has 0 aromatic carbocycles. The van der Waals surface area contributed by atoms with Crippen molar-refractivity contribution in [2.45, 2.75) is 38.5 Å². The van der Waals surface area contributed by atoms with Crippen molar-refractivity contribution in [3.05, 3.63) is 0 Å². The molecule has 2 rings (SSSR count). The highest BCUT2D eigenvalue weighted by Gasteiger charge is 2.18. The Morgan fingerprint density at radius 3 is 1.36 bits per heavy atom. The van der Waals surface area contributed by atoms with Gasteiger partial charge in [0.2, 0.25) is 0 Å². The third-order valence-electron chi connectivity index (χ3n) is 4.71. The number of rotatable bonds is 7. The van der Waals surface area contributed by atoms with Gasteiger partial charge in [0.1, 0.15) is 0 Å². The van der Waals surface area contributed by atoms with E-state index < -0.39 is 0 Å². The molecule has 2 aliphatic rings. The number of hydrogen-bond acceptors (Lipinski definition) is 2. The van der Waals surface area contributed by atoms with Crippen molar-refractivity contribution in [2.75, 3.05) is 52.4 Å². The minimum atomic E-state index is 0.104. The zero-order chi connectivity index (χ0) is 15.6. The van der Waals surface area contributed by atoms with E-state index in [0.717, 1.165) is 26.2 Å². The van der Waals surface area contributed by atoms with Crippen LogP contribution >= 0.6 is 0 Å². The van der Waals surface area contributed by atoms with Crippen LogP contribution in [0.3, 0.4) is 0 Å².